The fourth-order valence-electron chi connectivity index (χ4n) is 4.15. The van der Waals surface area contributed by atoms with E-state index >= 15 is 0 Å². The van der Waals surface area contributed by atoms with Crippen molar-refractivity contribution in [2.45, 2.75) is 25.0 Å². The number of ether oxygens (including phenoxy) is 1. The van der Waals surface area contributed by atoms with Gasteiger partial charge >= 0.3 is 5.69 Å². The summed E-state index contributed by atoms with van der Waals surface area (Å²) in [7, 11) is -2.56. The lowest BCUT2D eigenvalue weighted by atomic mass is 10.3. The van der Waals surface area contributed by atoms with E-state index in [1.165, 1.54) is 23.5 Å². The van der Waals surface area contributed by atoms with E-state index < -0.39 is 14.9 Å². The monoisotopic (exact) mass is 491 g/mol. The van der Waals surface area contributed by atoms with Crippen LogP contribution in [0.2, 0.25) is 0 Å². The van der Waals surface area contributed by atoms with E-state index in [2.05, 4.69) is 21.0 Å². The lowest BCUT2D eigenvalue weighted by molar-refractivity contribution is -0.386. The average Bonchev–Trinajstić information content (AvgIpc) is 3.09. The molecule has 1 aliphatic heterocycles. The molecule has 2 aromatic carbocycles. The zero-order chi connectivity index (χ0) is 23.8. The second kappa shape index (κ2) is 9.21. The summed E-state index contributed by atoms with van der Waals surface area (Å²) >= 11 is 5.69. The predicted molar refractivity (Wildman–Crippen MR) is 126 cm³/mol. The van der Waals surface area contributed by atoms with Gasteiger partial charge in [0.1, 0.15) is 0 Å². The number of hydrogen-bond acceptors (Lipinski definition) is 7. The van der Waals surface area contributed by atoms with Crippen LogP contribution in [0.25, 0.3) is 11.0 Å². The Balaban J connectivity index is 1.51. The van der Waals surface area contributed by atoms with Crippen molar-refractivity contribution in [2.24, 2.45) is 0 Å². The van der Waals surface area contributed by atoms with Gasteiger partial charge in [0.2, 0.25) is 10.0 Å². The minimum atomic E-state index is -3.87. The Morgan fingerprint density at radius 3 is 2.27 bits per heavy atom. The van der Waals surface area contributed by atoms with Crippen LogP contribution < -0.4 is 4.74 Å². The number of aromatic nitrogens is 2. The molecule has 2 heterocycles. The molecule has 0 unspecified atom stereocenters. The van der Waals surface area contributed by atoms with Gasteiger partial charge in [0.15, 0.2) is 10.5 Å². The second-order valence-corrected chi connectivity index (χ2v) is 10.0. The van der Waals surface area contributed by atoms with Crippen LogP contribution in [0.1, 0.15) is 6.92 Å². The first-order valence-electron chi connectivity index (χ1n) is 10.5. The molecule has 0 saturated carbocycles. The number of methoxy groups -OCH3 is 1. The third-order valence-corrected chi connectivity index (χ3v) is 8.23. The number of para-hydroxylation sites is 2. The van der Waals surface area contributed by atoms with Gasteiger partial charge < -0.3 is 13.9 Å². The molecule has 3 aromatic rings. The summed E-state index contributed by atoms with van der Waals surface area (Å²) in [6.07, 6.45) is 0. The highest BCUT2D eigenvalue weighted by molar-refractivity contribution is 7.89. The number of rotatable bonds is 7. The number of nitro groups is 1. The summed E-state index contributed by atoms with van der Waals surface area (Å²) in [5, 5.41) is 11.3. The second-order valence-electron chi connectivity index (χ2n) is 7.70. The molecule has 0 amide bonds. The Bertz CT molecular complexity index is 1360. The smallest absolute Gasteiger partial charge is 0.312 e. The molecule has 1 aliphatic rings. The molecule has 0 radical (unpaired) electrons. The molecule has 12 heteroatoms. The standard InChI is InChI=1S/C21H25N5O5S2/c1-3-24-17-6-4-5-7-18(17)25(21(24)32)15-22-10-12-23(13-11-22)33(29,30)16-8-9-20(31-2)19(14-16)26(27)28/h4-9,14H,3,10-13,15H2,1-2H3. The summed E-state index contributed by atoms with van der Waals surface area (Å²) < 4.78 is 37.5. The third-order valence-electron chi connectivity index (χ3n) is 5.90. The number of nitro benzene ring substituents is 1. The molecule has 1 saturated heterocycles. The zero-order valence-corrected chi connectivity index (χ0v) is 20.0. The van der Waals surface area contributed by atoms with Crippen LogP contribution in [-0.2, 0) is 23.2 Å². The highest BCUT2D eigenvalue weighted by atomic mass is 32.2. The maximum atomic E-state index is 13.1. The topological polar surface area (TPSA) is 103 Å². The van der Waals surface area contributed by atoms with Crippen molar-refractivity contribution in [2.75, 3.05) is 33.3 Å². The van der Waals surface area contributed by atoms with E-state index in [1.807, 2.05) is 24.3 Å². The van der Waals surface area contributed by atoms with Crippen LogP contribution >= 0.6 is 12.2 Å². The first-order valence-corrected chi connectivity index (χ1v) is 12.4. The van der Waals surface area contributed by atoms with E-state index in [9.17, 15) is 18.5 Å². The van der Waals surface area contributed by atoms with E-state index in [0.717, 1.165) is 28.4 Å². The van der Waals surface area contributed by atoms with Gasteiger partial charge in [-0.05, 0) is 43.4 Å². The van der Waals surface area contributed by atoms with Gasteiger partial charge in [-0.1, -0.05) is 12.1 Å². The quantitative estimate of drug-likeness (QED) is 0.284. The summed E-state index contributed by atoms with van der Waals surface area (Å²) in [6, 6.07) is 11.8. The minimum Gasteiger partial charge on any atom is -0.490 e. The largest absolute Gasteiger partial charge is 0.490 e. The number of fused-ring (bicyclic) bond motifs is 1. The molecule has 33 heavy (non-hydrogen) atoms. The molecule has 10 nitrogen and oxygen atoms in total. The SMILES string of the molecule is CCn1c(=S)n(CN2CCN(S(=O)(=O)c3ccc(OC)c([N+](=O)[O-])c3)CC2)c2ccccc21. The van der Waals surface area contributed by atoms with Crippen LogP contribution in [0.15, 0.2) is 47.4 Å². The first-order chi connectivity index (χ1) is 15.8. The Morgan fingerprint density at radius 1 is 1.06 bits per heavy atom. The summed E-state index contributed by atoms with van der Waals surface area (Å²) in [5.74, 6) is 0.0201. The van der Waals surface area contributed by atoms with Gasteiger partial charge in [-0.15, -0.1) is 0 Å². The number of imidazole rings is 1. The summed E-state index contributed by atoms with van der Waals surface area (Å²) in [6.45, 7) is 4.99. The molecule has 0 atom stereocenters. The van der Waals surface area contributed by atoms with Crippen molar-refractivity contribution in [1.82, 2.24) is 18.3 Å². The number of benzene rings is 2. The minimum absolute atomic E-state index is 0.0201. The predicted octanol–water partition coefficient (Wildman–Crippen LogP) is 3.07. The number of piperazine rings is 1. The Morgan fingerprint density at radius 2 is 1.70 bits per heavy atom. The van der Waals surface area contributed by atoms with E-state index in [0.29, 0.717) is 19.8 Å². The molecule has 176 valence electrons. The van der Waals surface area contributed by atoms with Crippen molar-refractivity contribution < 1.29 is 18.1 Å². The number of sulfonamides is 1. The van der Waals surface area contributed by atoms with Crippen molar-refractivity contribution in [3.63, 3.8) is 0 Å². The van der Waals surface area contributed by atoms with Gasteiger partial charge in [0.05, 0.1) is 34.6 Å². The fourth-order valence-corrected chi connectivity index (χ4v) is 5.97. The van der Waals surface area contributed by atoms with Gasteiger partial charge in [-0.2, -0.15) is 4.31 Å². The average molecular weight is 492 g/mol. The highest BCUT2D eigenvalue weighted by Crippen LogP contribution is 2.31. The molecule has 4 rings (SSSR count). The van der Waals surface area contributed by atoms with Crippen LogP contribution in [-0.4, -0.2) is 65.0 Å². The van der Waals surface area contributed by atoms with Crippen molar-refractivity contribution in [3.05, 3.63) is 57.3 Å². The molecule has 0 N–H and O–H groups in total. The van der Waals surface area contributed by atoms with Gasteiger partial charge in [0.25, 0.3) is 0 Å². The zero-order valence-electron chi connectivity index (χ0n) is 18.4. The van der Waals surface area contributed by atoms with Crippen molar-refractivity contribution >= 4 is 39.0 Å². The molecule has 0 aliphatic carbocycles. The fraction of sp³-hybridized carbons (Fsp3) is 0.381. The molecular formula is C21H25N5O5S2. The maximum Gasteiger partial charge on any atom is 0.312 e. The molecule has 1 aromatic heterocycles. The Hall–Kier alpha value is -2.80. The van der Waals surface area contributed by atoms with Crippen molar-refractivity contribution in [3.8, 4) is 5.75 Å². The van der Waals surface area contributed by atoms with E-state index in [-0.39, 0.29) is 29.4 Å². The Labute approximate surface area is 196 Å². The van der Waals surface area contributed by atoms with E-state index in [1.54, 1.807) is 0 Å². The normalized spacial score (nSPS) is 15.7. The molecule has 0 spiro atoms. The van der Waals surface area contributed by atoms with Gasteiger partial charge in [0, 0.05) is 38.8 Å². The van der Waals surface area contributed by atoms with Gasteiger partial charge in [-0.3, -0.25) is 15.0 Å². The van der Waals surface area contributed by atoms with Crippen molar-refractivity contribution in [1.29, 1.82) is 0 Å². The van der Waals surface area contributed by atoms with Crippen LogP contribution in [0.3, 0.4) is 0 Å². The van der Waals surface area contributed by atoms with Crippen LogP contribution in [0, 0.1) is 14.9 Å². The highest BCUT2D eigenvalue weighted by Gasteiger charge is 2.31. The number of nitrogens with zero attached hydrogens (tertiary/aromatic N) is 5. The lowest BCUT2D eigenvalue weighted by Gasteiger charge is -2.34. The molecule has 1 fully saturated rings. The van der Waals surface area contributed by atoms with Crippen LogP contribution in [0.4, 0.5) is 5.69 Å². The summed E-state index contributed by atoms with van der Waals surface area (Å²) in [5.41, 5.74) is 1.75. The van der Waals surface area contributed by atoms with Crippen LogP contribution in [0.5, 0.6) is 5.75 Å². The van der Waals surface area contributed by atoms with Gasteiger partial charge in [-0.25, -0.2) is 8.42 Å². The number of aryl methyl sites for hydroxylation is 1. The first kappa shape index (κ1) is 23.4. The van der Waals surface area contributed by atoms with E-state index in [4.69, 9.17) is 17.0 Å². The summed E-state index contributed by atoms with van der Waals surface area (Å²) in [4.78, 5) is 12.7. The third kappa shape index (κ3) is 4.26. The lowest BCUT2D eigenvalue weighted by Crippen LogP contribution is -2.48. The Kier molecular flexibility index (Phi) is 6.52. The molecular weight excluding hydrogens is 466 g/mol. The molecule has 0 bridgehead atoms. The maximum absolute atomic E-state index is 13.1. The number of hydrogen-bond donors (Lipinski definition) is 0.